The molecular formula is C31H39N9O. The Morgan fingerprint density at radius 2 is 1.68 bits per heavy atom. The van der Waals surface area contributed by atoms with Crippen LogP contribution in [0.5, 0.6) is 0 Å². The van der Waals surface area contributed by atoms with Gasteiger partial charge in [0, 0.05) is 43.5 Å². The average Bonchev–Trinajstić information content (AvgIpc) is 3.38. The number of fused-ring (bicyclic) bond motifs is 1. The summed E-state index contributed by atoms with van der Waals surface area (Å²) in [5.41, 5.74) is 17.5. The molecule has 2 fully saturated rings. The number of rotatable bonds is 6. The summed E-state index contributed by atoms with van der Waals surface area (Å²) in [4.78, 5) is 27.9. The maximum Gasteiger partial charge on any atom is 0.319 e. The smallest absolute Gasteiger partial charge is 0.319 e. The van der Waals surface area contributed by atoms with Gasteiger partial charge in [-0.2, -0.15) is 5.10 Å². The highest BCUT2D eigenvalue weighted by Gasteiger charge is 2.30. The topological polar surface area (TPSA) is 122 Å². The molecule has 2 aromatic heterocycles. The summed E-state index contributed by atoms with van der Waals surface area (Å²) in [5, 5.41) is 5.89. The van der Waals surface area contributed by atoms with Crippen LogP contribution in [0.15, 0.2) is 54.9 Å². The number of aryl methyl sites for hydroxylation is 1. The zero-order valence-electron chi connectivity index (χ0n) is 23.9. The molecule has 0 spiro atoms. The van der Waals surface area contributed by atoms with Crippen molar-refractivity contribution in [3.05, 3.63) is 66.0 Å². The van der Waals surface area contributed by atoms with Crippen LogP contribution in [0.2, 0.25) is 0 Å². The third-order valence-corrected chi connectivity index (χ3v) is 8.73. The lowest BCUT2D eigenvalue weighted by atomic mass is 9.90. The van der Waals surface area contributed by atoms with Gasteiger partial charge in [-0.15, -0.1) is 0 Å². The molecule has 1 aliphatic carbocycles. The fraction of sp³-hybridized carbons (Fsp3) is 0.419. The third-order valence-electron chi connectivity index (χ3n) is 8.73. The Labute approximate surface area is 240 Å². The van der Waals surface area contributed by atoms with Gasteiger partial charge in [0.05, 0.1) is 18.0 Å². The number of hydrogen-bond donors (Lipinski definition) is 2. The number of anilines is 2. The van der Waals surface area contributed by atoms with Gasteiger partial charge in [0.1, 0.15) is 17.8 Å². The quantitative estimate of drug-likeness (QED) is 0.367. The molecule has 0 bridgehead atoms. The van der Waals surface area contributed by atoms with Crippen LogP contribution in [0.25, 0.3) is 22.3 Å². The lowest BCUT2D eigenvalue weighted by Gasteiger charge is -2.41. The maximum atomic E-state index is 12.3. The fourth-order valence-electron chi connectivity index (χ4n) is 6.35. The molecule has 1 saturated heterocycles. The van der Waals surface area contributed by atoms with Crippen LogP contribution in [0, 0.1) is 6.92 Å². The van der Waals surface area contributed by atoms with Gasteiger partial charge in [-0.05, 0) is 62.9 Å². The second kappa shape index (κ2) is 11.5. The molecule has 6 rings (SSSR count). The molecular weight excluding hydrogens is 514 g/mol. The number of carbonyl (C=O) groups is 1. The Balaban J connectivity index is 1.23. The number of amides is 2. The molecule has 0 atom stereocenters. The van der Waals surface area contributed by atoms with Crippen molar-refractivity contribution >= 4 is 28.6 Å². The van der Waals surface area contributed by atoms with Crippen molar-refractivity contribution in [1.29, 1.82) is 0 Å². The van der Waals surface area contributed by atoms with Crippen LogP contribution in [0.1, 0.15) is 42.9 Å². The molecule has 4 N–H and O–H groups in total. The Hall–Kier alpha value is -4.02. The molecule has 0 unspecified atom stereocenters. The van der Waals surface area contributed by atoms with Crippen LogP contribution in [-0.4, -0.2) is 74.8 Å². The number of likely N-dealkylation sites (N-methyl/N-ethyl adjacent to an activating group) is 1. The predicted octanol–water partition coefficient (Wildman–Crippen LogP) is 4.20. The Morgan fingerprint density at radius 3 is 2.37 bits per heavy atom. The van der Waals surface area contributed by atoms with Crippen molar-refractivity contribution in [1.82, 2.24) is 29.5 Å². The molecule has 2 aromatic carbocycles. The summed E-state index contributed by atoms with van der Waals surface area (Å²) < 4.78 is 2.09. The van der Waals surface area contributed by atoms with Crippen molar-refractivity contribution in [2.45, 2.75) is 51.2 Å². The van der Waals surface area contributed by atoms with Crippen molar-refractivity contribution in [3.63, 3.8) is 0 Å². The largest absolute Gasteiger partial charge is 0.383 e. The summed E-state index contributed by atoms with van der Waals surface area (Å²) in [5.74, 6) is 0.436. The number of piperazine rings is 1. The normalized spacial score (nSPS) is 20.3. The van der Waals surface area contributed by atoms with Crippen LogP contribution in [-0.2, 0) is 6.54 Å². The lowest BCUT2D eigenvalue weighted by Crippen LogP contribution is -2.49. The molecule has 10 nitrogen and oxygen atoms in total. The van der Waals surface area contributed by atoms with Crippen molar-refractivity contribution in [3.8, 4) is 11.3 Å². The number of aromatic nitrogens is 4. The van der Waals surface area contributed by atoms with Crippen molar-refractivity contribution in [2.75, 3.05) is 43.9 Å². The molecule has 3 heterocycles. The number of primary amides is 1. The first-order valence-electron chi connectivity index (χ1n) is 14.5. The summed E-state index contributed by atoms with van der Waals surface area (Å²) in [7, 11) is 2.21. The van der Waals surface area contributed by atoms with Crippen molar-refractivity contribution < 1.29 is 4.79 Å². The first-order chi connectivity index (χ1) is 19.9. The number of benzene rings is 2. The molecule has 10 heteroatoms. The van der Waals surface area contributed by atoms with E-state index in [4.69, 9.17) is 16.6 Å². The van der Waals surface area contributed by atoms with Crippen LogP contribution in [0.3, 0.4) is 0 Å². The van der Waals surface area contributed by atoms with E-state index in [2.05, 4.69) is 31.5 Å². The molecule has 4 aromatic rings. The monoisotopic (exact) mass is 553 g/mol. The van der Waals surface area contributed by atoms with E-state index in [1.54, 1.807) is 4.90 Å². The lowest BCUT2D eigenvalue weighted by molar-refractivity contribution is 0.0815. The van der Waals surface area contributed by atoms with Crippen LogP contribution in [0.4, 0.5) is 16.3 Å². The van der Waals surface area contributed by atoms with E-state index in [1.807, 2.05) is 55.5 Å². The van der Waals surface area contributed by atoms with Gasteiger partial charge in [-0.3, -0.25) is 9.80 Å². The van der Waals surface area contributed by atoms with Gasteiger partial charge in [-0.25, -0.2) is 19.4 Å². The van der Waals surface area contributed by atoms with E-state index < -0.39 is 6.03 Å². The molecule has 2 aliphatic rings. The molecule has 0 radical (unpaired) electrons. The minimum atomic E-state index is -0.489. The number of urea groups is 1. The summed E-state index contributed by atoms with van der Waals surface area (Å²) in [6.07, 6.45) is 5.99. The van der Waals surface area contributed by atoms with Gasteiger partial charge in [0.25, 0.3) is 0 Å². The van der Waals surface area contributed by atoms with Crippen LogP contribution < -0.4 is 16.4 Å². The first-order valence-corrected chi connectivity index (χ1v) is 14.5. The molecule has 214 valence electrons. The number of nitrogens with two attached hydrogens (primary N) is 2. The van der Waals surface area contributed by atoms with Gasteiger partial charge >= 0.3 is 6.03 Å². The van der Waals surface area contributed by atoms with Gasteiger partial charge in [0.15, 0.2) is 5.65 Å². The van der Waals surface area contributed by atoms with Gasteiger partial charge in [0.2, 0.25) is 0 Å². The summed E-state index contributed by atoms with van der Waals surface area (Å²) >= 11 is 0. The van der Waals surface area contributed by atoms with E-state index in [0.29, 0.717) is 18.4 Å². The fourth-order valence-corrected chi connectivity index (χ4v) is 6.35. The second-order valence-corrected chi connectivity index (χ2v) is 11.5. The van der Waals surface area contributed by atoms with E-state index in [-0.39, 0.29) is 6.04 Å². The first kappa shape index (κ1) is 27.2. The average molecular weight is 554 g/mol. The number of hydrogen-bond acceptors (Lipinski definition) is 7. The highest BCUT2D eigenvalue weighted by atomic mass is 16.2. The Kier molecular flexibility index (Phi) is 7.59. The van der Waals surface area contributed by atoms with E-state index in [0.717, 1.165) is 91.0 Å². The minimum absolute atomic E-state index is 0.280. The standard InChI is InChI=1S/C31H39N9O/c1-21-4-3-5-26(18-21)39(31(33)41)19-22-6-8-23(9-7-22)28-27-29(32)34-20-35-30(27)40(36-28)25-12-10-24(11-13-25)38-16-14-37(2)15-17-38/h3-9,18,20,24-25H,10-17,19H2,1-2H3,(H2,33,41)(H2,32,34,35). The molecule has 1 saturated carbocycles. The number of nitrogens with zero attached hydrogens (tertiary/aromatic N) is 7. The third kappa shape index (κ3) is 5.62. The maximum absolute atomic E-state index is 12.3. The molecule has 2 amide bonds. The van der Waals surface area contributed by atoms with E-state index in [1.165, 1.54) is 6.33 Å². The minimum Gasteiger partial charge on any atom is -0.383 e. The summed E-state index contributed by atoms with van der Waals surface area (Å²) in [6, 6.07) is 16.3. The number of nitrogen functional groups attached to an aromatic ring is 1. The van der Waals surface area contributed by atoms with Crippen molar-refractivity contribution in [2.24, 2.45) is 5.73 Å². The highest BCUT2D eigenvalue weighted by Crippen LogP contribution is 2.37. The van der Waals surface area contributed by atoms with Crippen LogP contribution >= 0.6 is 0 Å². The molecule has 41 heavy (non-hydrogen) atoms. The zero-order valence-corrected chi connectivity index (χ0v) is 23.9. The Bertz CT molecular complexity index is 1520. The SMILES string of the molecule is Cc1cccc(N(Cc2ccc(-c3nn(C4CCC(N5CCN(C)CC5)CC4)c4ncnc(N)c34)cc2)C(N)=O)c1. The highest BCUT2D eigenvalue weighted by molar-refractivity contribution is 5.98. The van der Waals surface area contributed by atoms with Gasteiger partial charge in [-0.1, -0.05) is 36.4 Å². The number of carbonyl (C=O) groups excluding carboxylic acids is 1. The van der Waals surface area contributed by atoms with E-state index >= 15 is 0 Å². The molecule has 1 aliphatic heterocycles. The zero-order chi connectivity index (χ0) is 28.5. The van der Waals surface area contributed by atoms with Gasteiger partial charge < -0.3 is 16.4 Å². The van der Waals surface area contributed by atoms with E-state index in [9.17, 15) is 4.79 Å². The second-order valence-electron chi connectivity index (χ2n) is 11.5. The Morgan fingerprint density at radius 1 is 0.976 bits per heavy atom. The predicted molar refractivity (Wildman–Crippen MR) is 162 cm³/mol. The summed E-state index contributed by atoms with van der Waals surface area (Å²) in [6.45, 7) is 6.97.